The first-order valence-electron chi connectivity index (χ1n) is 7.54. The van der Waals surface area contributed by atoms with Crippen LogP contribution in [0.1, 0.15) is 17.3 Å². The Bertz CT molecular complexity index is 1000. The standard InChI is InChI=1S/C17H13N3O5S/c1-10(16(21)19-12-4-2-3-5-14(12)20(23)24)25-17(22)11-6-7-13-15(8-11)26-9-18-13/h2-10H,1H3,(H,19,21)/t10-/m0/s1. The summed E-state index contributed by atoms with van der Waals surface area (Å²) in [4.78, 5) is 38.9. The van der Waals surface area contributed by atoms with Gasteiger partial charge in [0.1, 0.15) is 5.69 Å². The quantitative estimate of drug-likeness (QED) is 0.418. The SMILES string of the molecule is C[C@H](OC(=O)c1ccc2ncsc2c1)C(=O)Nc1ccccc1[N+](=O)[O-]. The fourth-order valence-corrected chi connectivity index (χ4v) is 2.95. The number of aromatic nitrogens is 1. The summed E-state index contributed by atoms with van der Waals surface area (Å²) in [6, 6.07) is 10.6. The predicted octanol–water partition coefficient (Wildman–Crippen LogP) is 3.39. The third-order valence-corrected chi connectivity index (χ3v) is 4.37. The third kappa shape index (κ3) is 3.67. The fraction of sp³-hybridized carbons (Fsp3) is 0.118. The van der Waals surface area contributed by atoms with Gasteiger partial charge in [-0.3, -0.25) is 14.9 Å². The highest BCUT2D eigenvalue weighted by Gasteiger charge is 2.22. The number of nitrogens with zero attached hydrogens (tertiary/aromatic N) is 2. The number of esters is 1. The number of para-hydroxylation sites is 2. The smallest absolute Gasteiger partial charge is 0.338 e. The van der Waals surface area contributed by atoms with Gasteiger partial charge in [0.15, 0.2) is 6.10 Å². The van der Waals surface area contributed by atoms with Gasteiger partial charge in [-0.05, 0) is 31.2 Å². The zero-order valence-electron chi connectivity index (χ0n) is 13.5. The molecular weight excluding hydrogens is 358 g/mol. The zero-order chi connectivity index (χ0) is 18.7. The molecule has 9 heteroatoms. The lowest BCUT2D eigenvalue weighted by Crippen LogP contribution is -2.30. The molecule has 26 heavy (non-hydrogen) atoms. The number of rotatable bonds is 5. The van der Waals surface area contributed by atoms with Gasteiger partial charge in [0, 0.05) is 6.07 Å². The van der Waals surface area contributed by atoms with Crippen LogP contribution in [-0.4, -0.2) is 27.9 Å². The Morgan fingerprint density at radius 3 is 2.81 bits per heavy atom. The number of nitro benzene ring substituents is 1. The van der Waals surface area contributed by atoms with E-state index in [1.54, 1.807) is 29.8 Å². The lowest BCUT2D eigenvalue weighted by molar-refractivity contribution is -0.383. The molecule has 0 unspecified atom stereocenters. The van der Waals surface area contributed by atoms with Gasteiger partial charge in [-0.15, -0.1) is 11.3 Å². The number of benzene rings is 2. The van der Waals surface area contributed by atoms with E-state index in [1.165, 1.54) is 36.5 Å². The minimum Gasteiger partial charge on any atom is -0.449 e. The van der Waals surface area contributed by atoms with E-state index in [1.807, 2.05) is 0 Å². The molecule has 0 radical (unpaired) electrons. The lowest BCUT2D eigenvalue weighted by atomic mass is 10.2. The minimum absolute atomic E-state index is 0.0384. The number of nitrogens with one attached hydrogen (secondary N) is 1. The number of hydrogen-bond donors (Lipinski definition) is 1. The van der Waals surface area contributed by atoms with Crippen molar-refractivity contribution < 1.29 is 19.2 Å². The highest BCUT2D eigenvalue weighted by atomic mass is 32.1. The van der Waals surface area contributed by atoms with Crippen molar-refractivity contribution in [1.82, 2.24) is 4.98 Å². The number of carbonyl (C=O) groups excluding carboxylic acids is 2. The molecule has 0 aliphatic rings. The maximum Gasteiger partial charge on any atom is 0.338 e. The first-order valence-corrected chi connectivity index (χ1v) is 8.42. The van der Waals surface area contributed by atoms with Gasteiger partial charge < -0.3 is 10.1 Å². The molecular formula is C17H13N3O5S. The van der Waals surface area contributed by atoms with Gasteiger partial charge in [-0.25, -0.2) is 9.78 Å². The van der Waals surface area contributed by atoms with Crippen LogP contribution in [0.4, 0.5) is 11.4 Å². The number of carbonyl (C=O) groups is 2. The Balaban J connectivity index is 1.69. The number of hydrogen-bond acceptors (Lipinski definition) is 7. The summed E-state index contributed by atoms with van der Waals surface area (Å²) >= 11 is 1.39. The number of fused-ring (bicyclic) bond motifs is 1. The van der Waals surface area contributed by atoms with Crippen LogP contribution in [0.25, 0.3) is 10.2 Å². The molecule has 0 spiro atoms. The van der Waals surface area contributed by atoms with Crippen LogP contribution in [-0.2, 0) is 9.53 Å². The van der Waals surface area contributed by atoms with E-state index >= 15 is 0 Å². The first kappa shape index (κ1) is 17.5. The molecule has 0 fully saturated rings. The second kappa shape index (κ2) is 7.28. The predicted molar refractivity (Wildman–Crippen MR) is 96.2 cm³/mol. The number of nitro groups is 1. The molecule has 1 amide bonds. The maximum absolute atomic E-state index is 12.2. The molecule has 1 N–H and O–H groups in total. The second-order valence-electron chi connectivity index (χ2n) is 5.35. The number of thiazole rings is 1. The van der Waals surface area contributed by atoms with Crippen molar-refractivity contribution in [3.8, 4) is 0 Å². The Morgan fingerprint density at radius 1 is 1.27 bits per heavy atom. The Labute approximate surface area is 151 Å². The van der Waals surface area contributed by atoms with Crippen molar-refractivity contribution in [3.05, 3.63) is 63.7 Å². The van der Waals surface area contributed by atoms with Crippen molar-refractivity contribution >= 4 is 44.8 Å². The normalized spacial score (nSPS) is 11.7. The third-order valence-electron chi connectivity index (χ3n) is 3.58. The van der Waals surface area contributed by atoms with Crippen LogP contribution in [0.2, 0.25) is 0 Å². The summed E-state index contributed by atoms with van der Waals surface area (Å²) < 4.78 is 5.99. The van der Waals surface area contributed by atoms with Crippen molar-refractivity contribution in [2.75, 3.05) is 5.32 Å². The topological polar surface area (TPSA) is 111 Å². The van der Waals surface area contributed by atoms with Gasteiger partial charge in [0.05, 0.1) is 26.2 Å². The molecule has 0 bridgehead atoms. The van der Waals surface area contributed by atoms with Crippen molar-refractivity contribution in [3.63, 3.8) is 0 Å². The fourth-order valence-electron chi connectivity index (χ4n) is 2.24. The van der Waals surface area contributed by atoms with Crippen LogP contribution >= 0.6 is 11.3 Å². The van der Waals surface area contributed by atoms with Gasteiger partial charge in [0.25, 0.3) is 11.6 Å². The van der Waals surface area contributed by atoms with Crippen LogP contribution in [0.5, 0.6) is 0 Å². The molecule has 8 nitrogen and oxygen atoms in total. The first-order chi connectivity index (χ1) is 12.5. The number of amides is 1. The summed E-state index contributed by atoms with van der Waals surface area (Å²) in [5.74, 6) is -1.32. The van der Waals surface area contributed by atoms with E-state index in [0.29, 0.717) is 5.56 Å². The average Bonchev–Trinajstić information content (AvgIpc) is 3.09. The summed E-state index contributed by atoms with van der Waals surface area (Å²) in [5, 5.41) is 13.4. The zero-order valence-corrected chi connectivity index (χ0v) is 14.4. The van der Waals surface area contributed by atoms with Crippen molar-refractivity contribution in [1.29, 1.82) is 0 Å². The Hall–Kier alpha value is -3.33. The molecule has 1 aromatic heterocycles. The highest BCUT2D eigenvalue weighted by Crippen LogP contribution is 2.24. The highest BCUT2D eigenvalue weighted by molar-refractivity contribution is 7.16. The molecule has 3 rings (SSSR count). The lowest BCUT2D eigenvalue weighted by Gasteiger charge is -2.13. The van der Waals surface area contributed by atoms with E-state index < -0.39 is 22.9 Å². The summed E-state index contributed by atoms with van der Waals surface area (Å²) in [6.07, 6.45) is -1.13. The number of ether oxygens (including phenoxy) is 1. The Kier molecular flexibility index (Phi) is 4.90. The van der Waals surface area contributed by atoms with E-state index in [9.17, 15) is 19.7 Å². The largest absolute Gasteiger partial charge is 0.449 e. The van der Waals surface area contributed by atoms with Gasteiger partial charge in [0.2, 0.25) is 0 Å². The van der Waals surface area contributed by atoms with Crippen LogP contribution in [0, 0.1) is 10.1 Å². The average molecular weight is 371 g/mol. The van der Waals surface area contributed by atoms with Crippen molar-refractivity contribution in [2.24, 2.45) is 0 Å². The molecule has 0 aliphatic carbocycles. The van der Waals surface area contributed by atoms with Crippen LogP contribution in [0.3, 0.4) is 0 Å². The van der Waals surface area contributed by atoms with Gasteiger partial charge >= 0.3 is 5.97 Å². The minimum atomic E-state index is -1.13. The van der Waals surface area contributed by atoms with E-state index in [-0.39, 0.29) is 11.4 Å². The molecule has 1 heterocycles. The summed E-state index contributed by atoms with van der Waals surface area (Å²) in [7, 11) is 0. The summed E-state index contributed by atoms with van der Waals surface area (Å²) in [5.41, 5.74) is 2.54. The molecule has 0 saturated heterocycles. The summed E-state index contributed by atoms with van der Waals surface area (Å²) in [6.45, 7) is 1.40. The van der Waals surface area contributed by atoms with Crippen LogP contribution < -0.4 is 5.32 Å². The van der Waals surface area contributed by atoms with E-state index in [4.69, 9.17) is 4.74 Å². The molecule has 3 aromatic rings. The second-order valence-corrected chi connectivity index (χ2v) is 6.23. The van der Waals surface area contributed by atoms with E-state index in [0.717, 1.165) is 10.2 Å². The molecule has 2 aromatic carbocycles. The molecule has 0 aliphatic heterocycles. The monoisotopic (exact) mass is 371 g/mol. The molecule has 0 saturated carbocycles. The number of anilines is 1. The molecule has 1 atom stereocenters. The van der Waals surface area contributed by atoms with Crippen LogP contribution in [0.15, 0.2) is 48.0 Å². The van der Waals surface area contributed by atoms with E-state index in [2.05, 4.69) is 10.3 Å². The van der Waals surface area contributed by atoms with Gasteiger partial charge in [-0.2, -0.15) is 0 Å². The Morgan fingerprint density at radius 2 is 2.04 bits per heavy atom. The van der Waals surface area contributed by atoms with Gasteiger partial charge in [-0.1, -0.05) is 12.1 Å². The maximum atomic E-state index is 12.2. The van der Waals surface area contributed by atoms with Crippen molar-refractivity contribution in [2.45, 2.75) is 13.0 Å². The molecule has 132 valence electrons.